The topological polar surface area (TPSA) is 71.3 Å². The monoisotopic (exact) mass is 347 g/mol. The first-order valence-corrected chi connectivity index (χ1v) is 9.31. The first kappa shape index (κ1) is 17.9. The molecule has 1 aliphatic heterocycles. The van der Waals surface area contributed by atoms with Crippen molar-refractivity contribution in [2.24, 2.45) is 17.8 Å². The molecule has 0 aromatic carbocycles. The summed E-state index contributed by atoms with van der Waals surface area (Å²) in [6, 6.07) is 0. The number of aromatic nitrogens is 3. The molecular weight excluding hydrogens is 318 g/mol. The highest BCUT2D eigenvalue weighted by Gasteiger charge is 2.31. The summed E-state index contributed by atoms with van der Waals surface area (Å²) in [5.74, 6) is 2.74. The highest BCUT2D eigenvalue weighted by Crippen LogP contribution is 2.34. The van der Waals surface area contributed by atoms with Gasteiger partial charge >= 0.3 is 0 Å². The summed E-state index contributed by atoms with van der Waals surface area (Å²) in [6.45, 7) is 6.28. The molecule has 1 fully saturated rings. The molecule has 138 valence electrons. The second kappa shape index (κ2) is 7.14. The molecule has 3 rings (SSSR count). The third kappa shape index (κ3) is 3.55. The Balaban J connectivity index is 1.62. The molecule has 7 heteroatoms. The largest absolute Gasteiger partial charge is 0.338 e. The van der Waals surface area contributed by atoms with Gasteiger partial charge in [-0.25, -0.2) is 0 Å². The van der Waals surface area contributed by atoms with Crippen LogP contribution in [0.25, 0.3) is 0 Å². The highest BCUT2D eigenvalue weighted by molar-refractivity contribution is 5.91. The van der Waals surface area contributed by atoms with Crippen LogP contribution in [0, 0.1) is 17.8 Å². The molecule has 0 unspecified atom stereocenters. The number of carbonyl (C=O) groups is 2. The minimum Gasteiger partial charge on any atom is -0.338 e. The van der Waals surface area contributed by atoms with Gasteiger partial charge in [0.05, 0.1) is 6.54 Å². The Hall–Kier alpha value is -1.92. The summed E-state index contributed by atoms with van der Waals surface area (Å²) in [7, 11) is 3.60. The van der Waals surface area contributed by atoms with Crippen LogP contribution < -0.4 is 0 Å². The van der Waals surface area contributed by atoms with Gasteiger partial charge in [-0.15, -0.1) is 10.2 Å². The molecular formula is C18H29N5O2. The average Bonchev–Trinajstić information content (AvgIpc) is 3.01. The maximum Gasteiger partial charge on any atom is 0.291 e. The SMILES string of the molecule is CC(C)C1CCC(C(=O)N(C)Cc2nnc3n2CCN(C)C3=O)CC1. The second-order valence-corrected chi connectivity index (χ2v) is 7.87. The molecule has 0 N–H and O–H groups in total. The van der Waals surface area contributed by atoms with E-state index in [1.165, 1.54) is 0 Å². The van der Waals surface area contributed by atoms with Crippen molar-refractivity contribution in [3.05, 3.63) is 11.6 Å². The lowest BCUT2D eigenvalue weighted by Gasteiger charge is -2.32. The fourth-order valence-corrected chi connectivity index (χ4v) is 4.00. The molecule has 1 aromatic rings. The summed E-state index contributed by atoms with van der Waals surface area (Å²) in [5, 5.41) is 8.18. The van der Waals surface area contributed by atoms with E-state index in [-0.39, 0.29) is 17.7 Å². The van der Waals surface area contributed by atoms with Crippen molar-refractivity contribution in [3.8, 4) is 0 Å². The van der Waals surface area contributed by atoms with Gasteiger partial charge in [-0.05, 0) is 37.5 Å². The van der Waals surface area contributed by atoms with Gasteiger partial charge in [0.2, 0.25) is 11.7 Å². The number of carbonyl (C=O) groups excluding carboxylic acids is 2. The second-order valence-electron chi connectivity index (χ2n) is 7.87. The van der Waals surface area contributed by atoms with Gasteiger partial charge in [-0.3, -0.25) is 9.59 Å². The number of likely N-dealkylation sites (N-methyl/N-ethyl adjacent to an activating group) is 1. The fraction of sp³-hybridized carbons (Fsp3) is 0.778. The quantitative estimate of drug-likeness (QED) is 0.832. The lowest BCUT2D eigenvalue weighted by atomic mass is 9.76. The molecule has 0 saturated heterocycles. The number of fused-ring (bicyclic) bond motifs is 1. The average molecular weight is 347 g/mol. The number of hydrogen-bond acceptors (Lipinski definition) is 4. The van der Waals surface area contributed by atoms with Crippen LogP contribution in [-0.2, 0) is 17.9 Å². The van der Waals surface area contributed by atoms with Crippen LogP contribution >= 0.6 is 0 Å². The Morgan fingerprint density at radius 1 is 1.20 bits per heavy atom. The predicted molar refractivity (Wildman–Crippen MR) is 93.7 cm³/mol. The molecule has 0 spiro atoms. The molecule has 1 aromatic heterocycles. The van der Waals surface area contributed by atoms with E-state index >= 15 is 0 Å². The van der Waals surface area contributed by atoms with Crippen LogP contribution in [0.4, 0.5) is 0 Å². The Morgan fingerprint density at radius 2 is 1.88 bits per heavy atom. The van der Waals surface area contributed by atoms with Gasteiger partial charge in [0, 0.05) is 33.1 Å². The number of hydrogen-bond donors (Lipinski definition) is 0. The van der Waals surface area contributed by atoms with Crippen molar-refractivity contribution in [3.63, 3.8) is 0 Å². The van der Waals surface area contributed by atoms with Gasteiger partial charge < -0.3 is 14.4 Å². The van der Waals surface area contributed by atoms with Crippen molar-refractivity contribution >= 4 is 11.8 Å². The molecule has 0 atom stereocenters. The van der Waals surface area contributed by atoms with Crippen molar-refractivity contribution in [2.45, 2.75) is 52.6 Å². The van der Waals surface area contributed by atoms with E-state index in [4.69, 9.17) is 0 Å². The number of nitrogens with zero attached hydrogens (tertiary/aromatic N) is 5. The van der Waals surface area contributed by atoms with Crippen LogP contribution in [0.1, 0.15) is 56.0 Å². The third-order valence-corrected chi connectivity index (χ3v) is 5.84. The Kier molecular flexibility index (Phi) is 5.11. The fourth-order valence-electron chi connectivity index (χ4n) is 4.00. The smallest absolute Gasteiger partial charge is 0.291 e. The molecule has 0 radical (unpaired) electrons. The molecule has 2 aliphatic rings. The van der Waals surface area contributed by atoms with E-state index in [2.05, 4.69) is 24.0 Å². The van der Waals surface area contributed by atoms with Crippen LogP contribution in [0.5, 0.6) is 0 Å². The first-order valence-electron chi connectivity index (χ1n) is 9.31. The summed E-state index contributed by atoms with van der Waals surface area (Å²) in [4.78, 5) is 28.3. The molecule has 1 saturated carbocycles. The third-order valence-electron chi connectivity index (χ3n) is 5.84. The molecule has 2 amide bonds. The zero-order chi connectivity index (χ0) is 18.1. The Bertz CT molecular complexity index is 646. The molecule has 0 bridgehead atoms. The van der Waals surface area contributed by atoms with Crippen molar-refractivity contribution in [2.75, 3.05) is 20.6 Å². The van der Waals surface area contributed by atoms with Crippen LogP contribution in [0.3, 0.4) is 0 Å². The van der Waals surface area contributed by atoms with Gasteiger partial charge in [0.15, 0.2) is 5.82 Å². The summed E-state index contributed by atoms with van der Waals surface area (Å²) in [6.07, 6.45) is 4.24. The predicted octanol–water partition coefficient (Wildman–Crippen LogP) is 1.78. The minimum absolute atomic E-state index is 0.106. The van der Waals surface area contributed by atoms with E-state index in [9.17, 15) is 9.59 Å². The Labute approximate surface area is 149 Å². The lowest BCUT2D eigenvalue weighted by Crippen LogP contribution is -2.39. The molecule has 2 heterocycles. The highest BCUT2D eigenvalue weighted by atomic mass is 16.2. The van der Waals surface area contributed by atoms with Crippen LogP contribution in [0.2, 0.25) is 0 Å². The zero-order valence-electron chi connectivity index (χ0n) is 15.7. The maximum atomic E-state index is 12.8. The van der Waals surface area contributed by atoms with Crippen molar-refractivity contribution in [1.82, 2.24) is 24.6 Å². The molecule has 1 aliphatic carbocycles. The van der Waals surface area contributed by atoms with E-state index in [1.54, 1.807) is 16.8 Å². The zero-order valence-corrected chi connectivity index (χ0v) is 15.7. The maximum absolute atomic E-state index is 12.8. The Morgan fingerprint density at radius 3 is 2.52 bits per heavy atom. The van der Waals surface area contributed by atoms with E-state index in [0.717, 1.165) is 31.6 Å². The molecule has 7 nitrogen and oxygen atoms in total. The van der Waals surface area contributed by atoms with E-state index < -0.39 is 0 Å². The van der Waals surface area contributed by atoms with Crippen molar-refractivity contribution in [1.29, 1.82) is 0 Å². The van der Waals surface area contributed by atoms with Gasteiger partial charge in [-0.2, -0.15) is 0 Å². The van der Waals surface area contributed by atoms with Gasteiger partial charge in [-0.1, -0.05) is 13.8 Å². The van der Waals surface area contributed by atoms with Gasteiger partial charge in [0.1, 0.15) is 0 Å². The minimum atomic E-state index is -0.106. The van der Waals surface area contributed by atoms with Crippen LogP contribution in [0.15, 0.2) is 0 Å². The normalized spacial score (nSPS) is 23.7. The van der Waals surface area contributed by atoms with Gasteiger partial charge in [0.25, 0.3) is 5.91 Å². The summed E-state index contributed by atoms with van der Waals surface area (Å²) in [5.41, 5.74) is 0. The number of amides is 2. The molecule has 25 heavy (non-hydrogen) atoms. The summed E-state index contributed by atoms with van der Waals surface area (Å²) >= 11 is 0. The lowest BCUT2D eigenvalue weighted by molar-refractivity contribution is -0.136. The van der Waals surface area contributed by atoms with Crippen LogP contribution in [-0.4, -0.2) is 57.0 Å². The van der Waals surface area contributed by atoms with E-state index in [1.807, 2.05) is 11.6 Å². The number of rotatable bonds is 4. The van der Waals surface area contributed by atoms with Crippen molar-refractivity contribution < 1.29 is 9.59 Å². The standard InChI is InChI=1S/C18H29N5O2/c1-12(2)13-5-7-14(8-6-13)17(24)22(4)11-15-19-20-16-18(25)21(3)9-10-23(15)16/h12-14H,5-11H2,1-4H3. The summed E-state index contributed by atoms with van der Waals surface area (Å²) < 4.78 is 1.85. The first-order chi connectivity index (χ1) is 11.9. The van der Waals surface area contributed by atoms with E-state index in [0.29, 0.717) is 37.2 Å².